The van der Waals surface area contributed by atoms with Gasteiger partial charge in [0, 0.05) is 6.42 Å². The number of carbonyl (C=O) groups is 2. The summed E-state index contributed by atoms with van der Waals surface area (Å²) in [6.07, 6.45) is -0.332. The molecule has 0 aromatic carbocycles. The molecule has 1 rings (SSSR count). The fourth-order valence-electron chi connectivity index (χ4n) is 1.52. The molecule has 1 unspecified atom stereocenters. The van der Waals surface area contributed by atoms with Crippen LogP contribution in [0.3, 0.4) is 0 Å². The summed E-state index contributed by atoms with van der Waals surface area (Å²) >= 11 is 0. The van der Waals surface area contributed by atoms with Crippen LogP contribution in [0.2, 0.25) is 0 Å². The first-order chi connectivity index (χ1) is 7.56. The van der Waals surface area contributed by atoms with Crippen LogP contribution in [-0.4, -0.2) is 23.6 Å². The average Bonchev–Trinajstić information content (AvgIpc) is 2.39. The summed E-state index contributed by atoms with van der Waals surface area (Å²) in [6.45, 7) is 11.2. The lowest BCUT2D eigenvalue weighted by molar-refractivity contribution is -0.169. The second-order valence-corrected chi connectivity index (χ2v) is 6.16. The van der Waals surface area contributed by atoms with E-state index in [0.717, 1.165) is 0 Å². The quantitative estimate of drug-likeness (QED) is 0.713. The van der Waals surface area contributed by atoms with Crippen molar-refractivity contribution in [1.29, 1.82) is 0 Å². The third-order valence-corrected chi connectivity index (χ3v) is 3.54. The molecule has 4 heteroatoms. The molecule has 0 radical (unpaired) electrons. The predicted octanol–water partition coefficient (Wildman–Crippen LogP) is 2.31. The minimum atomic E-state index is -0.754. The molecule has 0 bridgehead atoms. The third kappa shape index (κ3) is 2.99. The molecule has 0 amide bonds. The Balaban J connectivity index is 2.68. The molecular weight excluding hydrogens is 220 g/mol. The lowest BCUT2D eigenvalue weighted by Gasteiger charge is -2.27. The lowest BCUT2D eigenvalue weighted by atomic mass is 9.81. The number of hydrogen-bond acceptors (Lipinski definition) is 4. The molecule has 1 aliphatic heterocycles. The van der Waals surface area contributed by atoms with E-state index in [1.165, 1.54) is 0 Å². The number of esters is 2. The highest BCUT2D eigenvalue weighted by Gasteiger charge is 2.44. The van der Waals surface area contributed by atoms with E-state index in [9.17, 15) is 9.59 Å². The Morgan fingerprint density at radius 1 is 1.47 bits per heavy atom. The molecular formula is C13H22O4. The van der Waals surface area contributed by atoms with Crippen molar-refractivity contribution in [2.45, 2.75) is 59.7 Å². The van der Waals surface area contributed by atoms with Gasteiger partial charge in [-0.05, 0) is 33.6 Å². The fourth-order valence-corrected chi connectivity index (χ4v) is 1.52. The molecule has 98 valence electrons. The SMILES string of the molecule is CC(C)C(C)(C)C(=O)OC1CC(C)(C)OC1=O. The van der Waals surface area contributed by atoms with Crippen LogP contribution in [-0.2, 0) is 19.1 Å². The van der Waals surface area contributed by atoms with Gasteiger partial charge in [-0.2, -0.15) is 0 Å². The molecule has 17 heavy (non-hydrogen) atoms. The van der Waals surface area contributed by atoms with Crippen LogP contribution in [0, 0.1) is 11.3 Å². The van der Waals surface area contributed by atoms with E-state index in [-0.39, 0.29) is 11.9 Å². The summed E-state index contributed by atoms with van der Waals surface area (Å²) in [5.74, 6) is -0.629. The first-order valence-electron chi connectivity index (χ1n) is 6.00. The molecule has 1 aliphatic rings. The first-order valence-corrected chi connectivity index (χ1v) is 6.00. The second kappa shape index (κ2) is 4.31. The zero-order valence-corrected chi connectivity index (χ0v) is 11.5. The number of hydrogen-bond donors (Lipinski definition) is 0. The van der Waals surface area contributed by atoms with Crippen LogP contribution < -0.4 is 0 Å². The van der Waals surface area contributed by atoms with E-state index in [2.05, 4.69) is 0 Å². The van der Waals surface area contributed by atoms with Crippen molar-refractivity contribution in [3.05, 3.63) is 0 Å². The first kappa shape index (κ1) is 14.0. The minimum absolute atomic E-state index is 0.153. The van der Waals surface area contributed by atoms with E-state index in [1.807, 2.05) is 41.5 Å². The van der Waals surface area contributed by atoms with Crippen LogP contribution in [0.1, 0.15) is 48.0 Å². The van der Waals surface area contributed by atoms with Crippen molar-refractivity contribution in [3.8, 4) is 0 Å². The molecule has 0 N–H and O–H groups in total. The smallest absolute Gasteiger partial charge is 0.348 e. The number of cyclic esters (lactones) is 1. The standard InChI is InChI=1S/C13H22O4/c1-8(2)13(5,6)11(15)16-9-7-12(3,4)17-10(9)14/h8-9H,7H2,1-6H3. The Kier molecular flexibility index (Phi) is 3.55. The summed E-state index contributed by atoms with van der Waals surface area (Å²) in [6, 6.07) is 0. The Labute approximate surface area is 103 Å². The zero-order valence-electron chi connectivity index (χ0n) is 11.5. The summed E-state index contributed by atoms with van der Waals surface area (Å²) in [5, 5.41) is 0. The predicted molar refractivity (Wildman–Crippen MR) is 63.3 cm³/mol. The lowest BCUT2D eigenvalue weighted by Crippen LogP contribution is -2.36. The van der Waals surface area contributed by atoms with Gasteiger partial charge < -0.3 is 9.47 Å². The van der Waals surface area contributed by atoms with Crippen molar-refractivity contribution >= 4 is 11.9 Å². The van der Waals surface area contributed by atoms with Gasteiger partial charge in [0.2, 0.25) is 6.10 Å². The Hall–Kier alpha value is -1.06. The number of carbonyl (C=O) groups excluding carboxylic acids is 2. The number of rotatable bonds is 3. The molecule has 0 spiro atoms. The van der Waals surface area contributed by atoms with Gasteiger partial charge in [0.25, 0.3) is 0 Å². The van der Waals surface area contributed by atoms with Crippen molar-refractivity contribution in [2.75, 3.05) is 0 Å². The van der Waals surface area contributed by atoms with Crippen LogP contribution in [0.4, 0.5) is 0 Å². The molecule has 0 aliphatic carbocycles. The highest BCUT2D eigenvalue weighted by molar-refractivity contribution is 5.83. The van der Waals surface area contributed by atoms with Crippen LogP contribution in [0.25, 0.3) is 0 Å². The molecule has 0 aromatic heterocycles. The Bertz CT molecular complexity index is 328. The average molecular weight is 242 g/mol. The van der Waals surface area contributed by atoms with E-state index < -0.39 is 23.1 Å². The Morgan fingerprint density at radius 3 is 2.35 bits per heavy atom. The van der Waals surface area contributed by atoms with Crippen LogP contribution in [0.5, 0.6) is 0 Å². The minimum Gasteiger partial charge on any atom is -0.457 e. The van der Waals surface area contributed by atoms with E-state index in [0.29, 0.717) is 6.42 Å². The molecule has 0 saturated carbocycles. The van der Waals surface area contributed by atoms with Crippen molar-refractivity contribution < 1.29 is 19.1 Å². The monoisotopic (exact) mass is 242 g/mol. The molecule has 1 saturated heterocycles. The van der Waals surface area contributed by atoms with Gasteiger partial charge in [-0.15, -0.1) is 0 Å². The fraction of sp³-hybridized carbons (Fsp3) is 0.846. The summed E-state index contributed by atoms with van der Waals surface area (Å²) in [5.41, 5.74) is -1.13. The number of ether oxygens (including phenoxy) is 2. The second-order valence-electron chi connectivity index (χ2n) is 6.16. The van der Waals surface area contributed by atoms with Gasteiger partial charge in [-0.25, -0.2) is 4.79 Å². The maximum atomic E-state index is 12.0. The van der Waals surface area contributed by atoms with Crippen LogP contribution >= 0.6 is 0 Å². The topological polar surface area (TPSA) is 52.6 Å². The van der Waals surface area contributed by atoms with E-state index >= 15 is 0 Å². The van der Waals surface area contributed by atoms with Gasteiger partial charge in [0.1, 0.15) is 5.60 Å². The molecule has 1 atom stereocenters. The summed E-state index contributed by atoms with van der Waals surface area (Å²) in [7, 11) is 0. The molecule has 4 nitrogen and oxygen atoms in total. The Morgan fingerprint density at radius 2 is 2.00 bits per heavy atom. The van der Waals surface area contributed by atoms with Gasteiger partial charge in [-0.3, -0.25) is 4.79 Å². The van der Waals surface area contributed by atoms with Crippen molar-refractivity contribution in [3.63, 3.8) is 0 Å². The third-order valence-electron chi connectivity index (χ3n) is 3.54. The van der Waals surface area contributed by atoms with E-state index in [1.54, 1.807) is 0 Å². The van der Waals surface area contributed by atoms with Crippen molar-refractivity contribution in [2.24, 2.45) is 11.3 Å². The van der Waals surface area contributed by atoms with Gasteiger partial charge >= 0.3 is 11.9 Å². The molecule has 1 heterocycles. The maximum Gasteiger partial charge on any atom is 0.348 e. The highest BCUT2D eigenvalue weighted by Crippen LogP contribution is 2.32. The summed E-state index contributed by atoms with van der Waals surface area (Å²) in [4.78, 5) is 23.5. The zero-order chi connectivity index (χ0) is 13.4. The largest absolute Gasteiger partial charge is 0.457 e. The molecule has 0 aromatic rings. The van der Waals surface area contributed by atoms with Gasteiger partial charge in [0.05, 0.1) is 5.41 Å². The van der Waals surface area contributed by atoms with Gasteiger partial charge in [0.15, 0.2) is 0 Å². The van der Waals surface area contributed by atoms with Crippen LogP contribution in [0.15, 0.2) is 0 Å². The summed E-state index contributed by atoms with van der Waals surface area (Å²) < 4.78 is 10.4. The van der Waals surface area contributed by atoms with Gasteiger partial charge in [-0.1, -0.05) is 13.8 Å². The highest BCUT2D eigenvalue weighted by atomic mass is 16.6. The maximum absolute atomic E-state index is 12.0. The van der Waals surface area contributed by atoms with E-state index in [4.69, 9.17) is 9.47 Å². The normalized spacial score (nSPS) is 23.7. The molecule has 1 fully saturated rings. The van der Waals surface area contributed by atoms with Crippen molar-refractivity contribution in [1.82, 2.24) is 0 Å².